The number of esters is 2. The van der Waals surface area contributed by atoms with Crippen molar-refractivity contribution in [1.29, 1.82) is 0 Å². The predicted octanol–water partition coefficient (Wildman–Crippen LogP) is 1.98. The summed E-state index contributed by atoms with van der Waals surface area (Å²) in [5.74, 6) is -1.63. The number of rotatable bonds is 6. The number of carbonyl (C=O) groups is 4. The third kappa shape index (κ3) is 4.48. The Morgan fingerprint density at radius 1 is 1.04 bits per heavy atom. The van der Waals surface area contributed by atoms with Gasteiger partial charge in [-0.1, -0.05) is 30.3 Å². The molecule has 2 rings (SSSR count). The summed E-state index contributed by atoms with van der Waals surface area (Å²) in [6.07, 6.45) is 1.88. The van der Waals surface area contributed by atoms with Crippen LogP contribution in [0.15, 0.2) is 30.3 Å². The summed E-state index contributed by atoms with van der Waals surface area (Å²) in [5.41, 5.74) is 0.966. The molecule has 0 spiro atoms. The minimum atomic E-state index is -0.564. The standard InChI is InChI=1S/C17H18O6/c18-10-22-16(20)9-12-6-7-14(17(21)23-11-19)15(8-12)13-4-2-1-3-5-13/h1-5,10-12,14-15H,6-9H2. The van der Waals surface area contributed by atoms with Crippen molar-refractivity contribution in [2.75, 3.05) is 0 Å². The SMILES string of the molecule is O=COC(=O)CC1CCC(C(=O)OC=O)C(c2ccccc2)C1. The van der Waals surface area contributed by atoms with Gasteiger partial charge < -0.3 is 9.47 Å². The lowest BCUT2D eigenvalue weighted by molar-refractivity contribution is -0.156. The van der Waals surface area contributed by atoms with Gasteiger partial charge in [0.25, 0.3) is 0 Å². The van der Waals surface area contributed by atoms with E-state index >= 15 is 0 Å². The fraction of sp³-hybridized carbons (Fsp3) is 0.412. The summed E-state index contributed by atoms with van der Waals surface area (Å²) in [6, 6.07) is 9.46. The Labute approximate surface area is 133 Å². The van der Waals surface area contributed by atoms with Crippen molar-refractivity contribution < 1.29 is 28.7 Å². The molecule has 0 heterocycles. The van der Waals surface area contributed by atoms with Crippen molar-refractivity contribution in [2.24, 2.45) is 11.8 Å². The van der Waals surface area contributed by atoms with Crippen molar-refractivity contribution in [3.63, 3.8) is 0 Å². The molecule has 1 fully saturated rings. The summed E-state index contributed by atoms with van der Waals surface area (Å²) >= 11 is 0. The summed E-state index contributed by atoms with van der Waals surface area (Å²) in [7, 11) is 0. The number of ether oxygens (including phenoxy) is 2. The van der Waals surface area contributed by atoms with Gasteiger partial charge in [-0.2, -0.15) is 0 Å². The molecule has 1 aliphatic carbocycles. The van der Waals surface area contributed by atoms with Crippen LogP contribution in [0.25, 0.3) is 0 Å². The lowest BCUT2D eigenvalue weighted by Crippen LogP contribution is -2.31. The van der Waals surface area contributed by atoms with E-state index in [9.17, 15) is 19.2 Å². The van der Waals surface area contributed by atoms with E-state index in [1.807, 2.05) is 30.3 Å². The summed E-state index contributed by atoms with van der Waals surface area (Å²) < 4.78 is 8.87. The van der Waals surface area contributed by atoms with E-state index in [-0.39, 0.29) is 31.2 Å². The number of hydrogen-bond acceptors (Lipinski definition) is 6. The van der Waals surface area contributed by atoms with Crippen LogP contribution in [0.3, 0.4) is 0 Å². The molecule has 0 bridgehead atoms. The van der Waals surface area contributed by atoms with Crippen molar-refractivity contribution in [3.8, 4) is 0 Å². The molecule has 6 heteroatoms. The molecule has 3 unspecified atom stereocenters. The zero-order valence-electron chi connectivity index (χ0n) is 12.6. The van der Waals surface area contributed by atoms with Crippen LogP contribution in [0.1, 0.15) is 37.2 Å². The lowest BCUT2D eigenvalue weighted by atomic mass is 9.70. The van der Waals surface area contributed by atoms with Crippen molar-refractivity contribution in [3.05, 3.63) is 35.9 Å². The molecule has 1 aliphatic rings. The molecule has 23 heavy (non-hydrogen) atoms. The molecule has 0 aliphatic heterocycles. The molecule has 1 aromatic rings. The van der Waals surface area contributed by atoms with Gasteiger partial charge in [-0.15, -0.1) is 0 Å². The first kappa shape index (κ1) is 16.9. The molecule has 122 valence electrons. The van der Waals surface area contributed by atoms with Gasteiger partial charge in [-0.25, -0.2) is 0 Å². The van der Waals surface area contributed by atoms with Crippen LogP contribution in [-0.2, 0) is 28.7 Å². The van der Waals surface area contributed by atoms with Crippen molar-refractivity contribution >= 4 is 24.9 Å². The zero-order chi connectivity index (χ0) is 16.7. The largest absolute Gasteiger partial charge is 0.395 e. The van der Waals surface area contributed by atoms with Crippen LogP contribution in [-0.4, -0.2) is 24.9 Å². The molecule has 0 saturated heterocycles. The molecule has 0 aromatic heterocycles. The van der Waals surface area contributed by atoms with Crippen molar-refractivity contribution in [2.45, 2.75) is 31.6 Å². The molecular formula is C17H18O6. The Kier molecular flexibility index (Phi) is 6.02. The van der Waals surface area contributed by atoms with Gasteiger partial charge in [-0.05, 0) is 36.7 Å². The second-order valence-electron chi connectivity index (χ2n) is 5.63. The molecule has 1 saturated carbocycles. The highest BCUT2D eigenvalue weighted by Crippen LogP contribution is 2.42. The van der Waals surface area contributed by atoms with E-state index in [2.05, 4.69) is 9.47 Å². The Hall–Kier alpha value is -2.50. The third-order valence-electron chi connectivity index (χ3n) is 4.29. The van der Waals surface area contributed by atoms with Crippen molar-refractivity contribution in [1.82, 2.24) is 0 Å². The van der Waals surface area contributed by atoms with E-state index in [0.717, 1.165) is 5.56 Å². The van der Waals surface area contributed by atoms with E-state index in [0.29, 0.717) is 19.3 Å². The molecule has 0 radical (unpaired) electrons. The lowest BCUT2D eigenvalue weighted by Gasteiger charge is -2.34. The average molecular weight is 318 g/mol. The molecule has 6 nitrogen and oxygen atoms in total. The average Bonchev–Trinajstić information content (AvgIpc) is 2.56. The fourth-order valence-corrected chi connectivity index (χ4v) is 3.27. The minimum absolute atomic E-state index is 0.0212. The molecule has 3 atom stereocenters. The normalized spacial score (nSPS) is 23.6. The number of benzene rings is 1. The quantitative estimate of drug-likeness (QED) is 0.453. The monoisotopic (exact) mass is 318 g/mol. The Bertz CT molecular complexity index is 568. The van der Waals surface area contributed by atoms with Crippen LogP contribution < -0.4 is 0 Å². The van der Waals surface area contributed by atoms with Crippen LogP contribution >= 0.6 is 0 Å². The predicted molar refractivity (Wildman–Crippen MR) is 78.9 cm³/mol. The highest BCUT2D eigenvalue weighted by molar-refractivity contribution is 5.80. The summed E-state index contributed by atoms with van der Waals surface area (Å²) in [4.78, 5) is 44.2. The Balaban J connectivity index is 2.14. The van der Waals surface area contributed by atoms with Crippen LogP contribution in [0.5, 0.6) is 0 Å². The Morgan fingerprint density at radius 2 is 1.74 bits per heavy atom. The van der Waals surface area contributed by atoms with E-state index in [1.165, 1.54) is 0 Å². The van der Waals surface area contributed by atoms with Gasteiger partial charge in [0.2, 0.25) is 0 Å². The summed E-state index contributed by atoms with van der Waals surface area (Å²) in [6.45, 7) is 0.280. The number of carbonyl (C=O) groups excluding carboxylic acids is 4. The van der Waals surface area contributed by atoms with E-state index < -0.39 is 17.9 Å². The van der Waals surface area contributed by atoms with Gasteiger partial charge in [0.05, 0.1) is 5.92 Å². The highest BCUT2D eigenvalue weighted by atomic mass is 16.6. The van der Waals surface area contributed by atoms with Crippen LogP contribution in [0.2, 0.25) is 0 Å². The Morgan fingerprint density at radius 3 is 2.39 bits per heavy atom. The topological polar surface area (TPSA) is 86.7 Å². The van der Waals surface area contributed by atoms with E-state index in [1.54, 1.807) is 0 Å². The maximum atomic E-state index is 12.0. The van der Waals surface area contributed by atoms with Crippen LogP contribution in [0.4, 0.5) is 0 Å². The van der Waals surface area contributed by atoms with Crippen LogP contribution in [0, 0.1) is 11.8 Å². The van der Waals surface area contributed by atoms with Gasteiger partial charge in [0.1, 0.15) is 0 Å². The first-order valence-electron chi connectivity index (χ1n) is 7.48. The molecular weight excluding hydrogens is 300 g/mol. The molecule has 1 aromatic carbocycles. The zero-order valence-corrected chi connectivity index (χ0v) is 12.6. The second-order valence-corrected chi connectivity index (χ2v) is 5.63. The van der Waals surface area contributed by atoms with E-state index in [4.69, 9.17) is 0 Å². The van der Waals surface area contributed by atoms with Gasteiger partial charge in [-0.3, -0.25) is 19.2 Å². The molecule has 0 N–H and O–H groups in total. The minimum Gasteiger partial charge on any atom is -0.395 e. The first-order chi connectivity index (χ1) is 11.2. The maximum absolute atomic E-state index is 12.0. The smallest absolute Gasteiger partial charge is 0.317 e. The first-order valence-corrected chi connectivity index (χ1v) is 7.48. The van der Waals surface area contributed by atoms with Gasteiger partial charge in [0.15, 0.2) is 0 Å². The second kappa shape index (κ2) is 8.22. The van der Waals surface area contributed by atoms with Gasteiger partial charge >= 0.3 is 24.9 Å². The number of hydrogen-bond donors (Lipinski definition) is 0. The third-order valence-corrected chi connectivity index (χ3v) is 4.29. The molecule has 0 amide bonds. The summed E-state index contributed by atoms with van der Waals surface area (Å²) in [5, 5.41) is 0. The maximum Gasteiger partial charge on any atom is 0.317 e. The van der Waals surface area contributed by atoms with Gasteiger partial charge in [0, 0.05) is 6.42 Å². The highest BCUT2D eigenvalue weighted by Gasteiger charge is 2.37. The fourth-order valence-electron chi connectivity index (χ4n) is 3.27.